The van der Waals surface area contributed by atoms with E-state index in [4.69, 9.17) is 9.05 Å². The summed E-state index contributed by atoms with van der Waals surface area (Å²) in [6, 6.07) is -0.857. The highest BCUT2D eigenvalue weighted by Gasteiger charge is 2.27. The zero-order chi connectivity index (χ0) is 42.8. The van der Waals surface area contributed by atoms with E-state index in [9.17, 15) is 19.4 Å². The van der Waals surface area contributed by atoms with E-state index in [1.807, 2.05) is 27.2 Å². The molecule has 0 aromatic carbocycles. The third kappa shape index (κ3) is 43.1. The standard InChI is InChI=1S/C49H97N2O6P/c1-6-8-10-12-14-16-18-19-20-21-22-23-24-25-26-27-28-29-30-31-32-33-35-37-39-41-43-49(53)50-47(46-57-58(54,55)56-45-44-51(3,4)5)48(52)42-40-38-36-34-17-15-13-11-9-7-2/h17,34,40,42,47-48,52H,6-16,18-33,35-39,41,43-46H2,1-5H3,(H-,50,53,54,55)/p+1/b34-17+,42-40+. The first-order valence-corrected chi connectivity index (χ1v) is 26.2. The quantitative estimate of drug-likeness (QED) is 0.0244. The molecular weight excluding hydrogens is 744 g/mol. The van der Waals surface area contributed by atoms with Crippen molar-refractivity contribution in [1.82, 2.24) is 5.32 Å². The molecule has 0 aliphatic heterocycles. The minimum absolute atomic E-state index is 0.0580. The number of carbonyl (C=O) groups excluding carboxylic acids is 1. The van der Waals surface area contributed by atoms with E-state index in [0.717, 1.165) is 38.5 Å². The molecule has 9 heteroatoms. The maximum absolute atomic E-state index is 12.9. The van der Waals surface area contributed by atoms with E-state index < -0.39 is 20.0 Å². The largest absolute Gasteiger partial charge is 0.472 e. The van der Waals surface area contributed by atoms with Gasteiger partial charge in [-0.25, -0.2) is 4.57 Å². The molecule has 0 aliphatic carbocycles. The van der Waals surface area contributed by atoms with Gasteiger partial charge in [-0.2, -0.15) is 0 Å². The molecule has 3 N–H and O–H groups in total. The van der Waals surface area contributed by atoms with E-state index in [1.165, 1.54) is 173 Å². The number of aliphatic hydroxyl groups excluding tert-OH is 1. The Morgan fingerprint density at radius 2 is 0.948 bits per heavy atom. The second-order valence-electron chi connectivity index (χ2n) is 18.2. The van der Waals surface area contributed by atoms with Crippen LogP contribution in [0, 0.1) is 0 Å². The first kappa shape index (κ1) is 57.0. The number of allylic oxidation sites excluding steroid dienone is 3. The van der Waals surface area contributed by atoms with Gasteiger partial charge in [-0.15, -0.1) is 0 Å². The van der Waals surface area contributed by atoms with Crippen LogP contribution in [0.5, 0.6) is 0 Å². The Balaban J connectivity index is 4.10. The van der Waals surface area contributed by atoms with E-state index in [2.05, 4.69) is 31.3 Å². The highest BCUT2D eigenvalue weighted by atomic mass is 31.2. The van der Waals surface area contributed by atoms with Crippen LogP contribution in [0.4, 0.5) is 0 Å². The summed E-state index contributed by atoms with van der Waals surface area (Å²) in [6.07, 6.45) is 50.0. The van der Waals surface area contributed by atoms with Crippen LogP contribution < -0.4 is 5.32 Å². The predicted octanol–water partition coefficient (Wildman–Crippen LogP) is 14.1. The van der Waals surface area contributed by atoms with Gasteiger partial charge in [0, 0.05) is 6.42 Å². The number of hydrogen-bond donors (Lipinski definition) is 3. The molecule has 0 aromatic rings. The molecule has 0 rings (SSSR count). The van der Waals surface area contributed by atoms with Gasteiger partial charge in [0.15, 0.2) is 0 Å². The molecule has 8 nitrogen and oxygen atoms in total. The van der Waals surface area contributed by atoms with Crippen molar-refractivity contribution in [3.8, 4) is 0 Å². The van der Waals surface area contributed by atoms with E-state index in [0.29, 0.717) is 17.4 Å². The second kappa shape index (κ2) is 41.3. The van der Waals surface area contributed by atoms with E-state index >= 15 is 0 Å². The Hall–Kier alpha value is -1.02. The molecule has 0 spiro atoms. The molecule has 3 unspecified atom stereocenters. The molecule has 0 saturated carbocycles. The highest BCUT2D eigenvalue weighted by Crippen LogP contribution is 2.43. The first-order valence-electron chi connectivity index (χ1n) is 24.7. The van der Waals surface area contributed by atoms with Crippen molar-refractivity contribution in [3.05, 3.63) is 24.3 Å². The lowest BCUT2D eigenvalue weighted by atomic mass is 10.0. The Morgan fingerprint density at radius 1 is 0.569 bits per heavy atom. The molecule has 0 saturated heterocycles. The Kier molecular flexibility index (Phi) is 40.6. The van der Waals surface area contributed by atoms with Gasteiger partial charge in [0.1, 0.15) is 13.2 Å². The summed E-state index contributed by atoms with van der Waals surface area (Å²) < 4.78 is 23.5. The lowest BCUT2D eigenvalue weighted by molar-refractivity contribution is -0.870. The number of nitrogens with zero attached hydrogens (tertiary/aromatic N) is 1. The molecule has 58 heavy (non-hydrogen) atoms. The minimum atomic E-state index is -4.34. The van der Waals surface area contributed by atoms with E-state index in [1.54, 1.807) is 6.08 Å². The Labute approximate surface area is 360 Å². The maximum atomic E-state index is 12.9. The number of phosphoric acid groups is 1. The Bertz CT molecular complexity index is 1000. The van der Waals surface area contributed by atoms with Crippen molar-refractivity contribution >= 4 is 13.7 Å². The number of nitrogens with one attached hydrogen (secondary N) is 1. The topological polar surface area (TPSA) is 105 Å². The van der Waals surface area contributed by atoms with Crippen molar-refractivity contribution in [3.63, 3.8) is 0 Å². The van der Waals surface area contributed by atoms with Crippen LogP contribution in [-0.2, 0) is 18.4 Å². The number of hydrogen-bond acceptors (Lipinski definition) is 5. The van der Waals surface area contributed by atoms with Gasteiger partial charge in [0.05, 0.1) is 39.9 Å². The lowest BCUT2D eigenvalue weighted by Crippen LogP contribution is -2.45. The van der Waals surface area contributed by atoms with Crippen LogP contribution >= 0.6 is 7.82 Å². The average molecular weight is 842 g/mol. The molecule has 0 radical (unpaired) electrons. The lowest BCUT2D eigenvalue weighted by Gasteiger charge is -2.25. The molecule has 0 heterocycles. The molecule has 3 atom stereocenters. The summed E-state index contributed by atoms with van der Waals surface area (Å²) in [5, 5.41) is 13.8. The number of unbranched alkanes of at least 4 members (excludes halogenated alkanes) is 30. The summed E-state index contributed by atoms with van der Waals surface area (Å²) in [5.41, 5.74) is 0. The van der Waals surface area contributed by atoms with Gasteiger partial charge >= 0.3 is 7.82 Å². The first-order chi connectivity index (χ1) is 28.0. The van der Waals surface area contributed by atoms with Crippen molar-refractivity contribution in [1.29, 1.82) is 0 Å². The number of phosphoric ester groups is 1. The van der Waals surface area contributed by atoms with Crippen LogP contribution in [0.25, 0.3) is 0 Å². The molecule has 0 bridgehead atoms. The van der Waals surface area contributed by atoms with Crippen LogP contribution in [0.1, 0.15) is 232 Å². The van der Waals surface area contributed by atoms with Crippen molar-refractivity contribution in [2.24, 2.45) is 0 Å². The third-order valence-electron chi connectivity index (χ3n) is 11.2. The summed E-state index contributed by atoms with van der Waals surface area (Å²) in [5.74, 6) is -0.185. The zero-order valence-corrected chi connectivity index (χ0v) is 39.9. The molecule has 0 fully saturated rings. The summed E-state index contributed by atoms with van der Waals surface area (Å²) >= 11 is 0. The normalized spacial score (nSPS) is 14.4. The fourth-order valence-corrected chi connectivity index (χ4v) is 7.97. The molecule has 0 aliphatic rings. The molecule has 344 valence electrons. The van der Waals surface area contributed by atoms with Gasteiger partial charge in [0.2, 0.25) is 5.91 Å². The summed E-state index contributed by atoms with van der Waals surface area (Å²) in [6.45, 7) is 4.77. The highest BCUT2D eigenvalue weighted by molar-refractivity contribution is 7.47. The number of quaternary nitrogens is 1. The smallest absolute Gasteiger partial charge is 0.387 e. The number of rotatable bonds is 45. The molecule has 0 aromatic heterocycles. The van der Waals surface area contributed by atoms with Gasteiger partial charge in [0.25, 0.3) is 0 Å². The SMILES string of the molecule is CCCCCC/C=C/CC/C=C/C(O)C(COP(=O)(O)OCC[N+](C)(C)C)NC(=O)CCCCCCCCCCCCCCCCCCCCCCCCCCCC. The number of carbonyl (C=O) groups is 1. The second-order valence-corrected chi connectivity index (χ2v) is 19.6. The number of aliphatic hydroxyl groups is 1. The van der Waals surface area contributed by atoms with Gasteiger partial charge in [-0.05, 0) is 32.1 Å². The van der Waals surface area contributed by atoms with Crippen LogP contribution in [0.15, 0.2) is 24.3 Å². The Morgan fingerprint density at radius 3 is 1.38 bits per heavy atom. The van der Waals surface area contributed by atoms with Gasteiger partial charge in [-0.1, -0.05) is 218 Å². The average Bonchev–Trinajstić information content (AvgIpc) is 3.17. The number of likely N-dealkylation sites (N-methyl/N-ethyl adjacent to an activating group) is 1. The molecular formula is C49H98N2O6P+. The summed E-state index contributed by atoms with van der Waals surface area (Å²) in [4.78, 5) is 23.1. The van der Waals surface area contributed by atoms with Crippen molar-refractivity contribution in [2.75, 3.05) is 40.9 Å². The third-order valence-corrected chi connectivity index (χ3v) is 12.2. The summed E-state index contributed by atoms with van der Waals surface area (Å²) in [7, 11) is 1.56. The fraction of sp³-hybridized carbons (Fsp3) is 0.898. The van der Waals surface area contributed by atoms with Gasteiger partial charge < -0.3 is 19.8 Å². The monoisotopic (exact) mass is 842 g/mol. The van der Waals surface area contributed by atoms with Crippen molar-refractivity contribution < 1.29 is 32.9 Å². The molecule has 1 amide bonds. The minimum Gasteiger partial charge on any atom is -0.387 e. The van der Waals surface area contributed by atoms with Crippen LogP contribution in [-0.4, -0.2) is 73.4 Å². The van der Waals surface area contributed by atoms with Crippen LogP contribution in [0.3, 0.4) is 0 Å². The van der Waals surface area contributed by atoms with E-state index in [-0.39, 0.29) is 19.1 Å². The predicted molar refractivity (Wildman–Crippen MR) is 249 cm³/mol. The zero-order valence-electron chi connectivity index (χ0n) is 39.0. The maximum Gasteiger partial charge on any atom is 0.472 e. The van der Waals surface area contributed by atoms with Crippen molar-refractivity contribution in [2.45, 2.75) is 244 Å². The number of amides is 1. The van der Waals surface area contributed by atoms with Gasteiger partial charge in [-0.3, -0.25) is 13.8 Å². The fourth-order valence-electron chi connectivity index (χ4n) is 7.23. The van der Waals surface area contributed by atoms with Crippen LogP contribution in [0.2, 0.25) is 0 Å².